The summed E-state index contributed by atoms with van der Waals surface area (Å²) in [6, 6.07) is 8.06. The number of aromatic nitrogens is 1. The summed E-state index contributed by atoms with van der Waals surface area (Å²) in [5.41, 5.74) is 2.26. The van der Waals surface area contributed by atoms with E-state index in [1.807, 2.05) is 24.3 Å². The van der Waals surface area contributed by atoms with E-state index in [1.54, 1.807) is 33.7 Å². The number of hydrogen-bond acceptors (Lipinski definition) is 5. The van der Waals surface area contributed by atoms with E-state index in [9.17, 15) is 0 Å². The van der Waals surface area contributed by atoms with Gasteiger partial charge in [-0.1, -0.05) is 0 Å². The van der Waals surface area contributed by atoms with Gasteiger partial charge in [0, 0.05) is 25.0 Å². The van der Waals surface area contributed by atoms with E-state index in [2.05, 4.69) is 17.2 Å². The zero-order chi connectivity index (χ0) is 15.9. The highest BCUT2D eigenvalue weighted by Crippen LogP contribution is 2.39. The van der Waals surface area contributed by atoms with Gasteiger partial charge in [0.25, 0.3) is 0 Å². The van der Waals surface area contributed by atoms with Gasteiger partial charge in [-0.3, -0.25) is 4.98 Å². The maximum atomic E-state index is 5.39. The van der Waals surface area contributed by atoms with Crippen molar-refractivity contribution in [3.05, 3.63) is 47.8 Å². The molecule has 2 rings (SSSR count). The van der Waals surface area contributed by atoms with Crippen molar-refractivity contribution in [1.82, 2.24) is 10.3 Å². The molecule has 0 bridgehead atoms. The molecule has 0 aliphatic heterocycles. The van der Waals surface area contributed by atoms with Gasteiger partial charge in [0.15, 0.2) is 11.5 Å². The number of rotatable bonds is 7. The third kappa shape index (κ3) is 3.68. The summed E-state index contributed by atoms with van der Waals surface area (Å²) < 4.78 is 16.1. The molecule has 1 aromatic heterocycles. The number of methoxy groups -OCH3 is 3. The van der Waals surface area contributed by atoms with Crippen molar-refractivity contribution in [3.8, 4) is 17.2 Å². The fraction of sp³-hybridized carbons (Fsp3) is 0.353. The molecule has 0 radical (unpaired) electrons. The Morgan fingerprint density at radius 2 is 1.59 bits per heavy atom. The Hall–Kier alpha value is -2.27. The molecular weight excluding hydrogens is 280 g/mol. The van der Waals surface area contributed by atoms with Crippen molar-refractivity contribution >= 4 is 0 Å². The summed E-state index contributed by atoms with van der Waals surface area (Å²) in [6.07, 6.45) is 3.59. The summed E-state index contributed by atoms with van der Waals surface area (Å²) in [5, 5.41) is 3.48. The molecule has 2 aromatic rings. The van der Waals surface area contributed by atoms with Crippen LogP contribution in [0, 0.1) is 0 Å². The van der Waals surface area contributed by atoms with E-state index >= 15 is 0 Å². The molecule has 1 heterocycles. The molecule has 5 nitrogen and oxygen atoms in total. The Balaban J connectivity index is 2.16. The standard InChI is InChI=1S/C17H22N2O3/c1-12(19-11-13-5-7-18-8-6-13)14-9-15(20-2)17(22-4)16(10-14)21-3/h5-10,12,19H,11H2,1-4H3. The van der Waals surface area contributed by atoms with E-state index in [-0.39, 0.29) is 6.04 Å². The minimum Gasteiger partial charge on any atom is -0.493 e. The number of ether oxygens (including phenoxy) is 3. The predicted molar refractivity (Wildman–Crippen MR) is 85.6 cm³/mol. The van der Waals surface area contributed by atoms with Crippen LogP contribution in [0.2, 0.25) is 0 Å². The molecule has 0 saturated carbocycles. The van der Waals surface area contributed by atoms with Crippen LogP contribution in [0.25, 0.3) is 0 Å². The molecule has 0 aliphatic rings. The highest BCUT2D eigenvalue weighted by molar-refractivity contribution is 5.54. The molecule has 5 heteroatoms. The first-order chi connectivity index (χ1) is 10.7. The van der Waals surface area contributed by atoms with Gasteiger partial charge in [-0.15, -0.1) is 0 Å². The van der Waals surface area contributed by atoms with Crippen molar-refractivity contribution in [3.63, 3.8) is 0 Å². The normalized spacial score (nSPS) is 11.8. The molecule has 1 aromatic carbocycles. The fourth-order valence-corrected chi connectivity index (χ4v) is 2.24. The van der Waals surface area contributed by atoms with Crippen LogP contribution in [-0.2, 0) is 6.54 Å². The molecule has 0 spiro atoms. The van der Waals surface area contributed by atoms with Gasteiger partial charge in [-0.25, -0.2) is 0 Å². The number of nitrogens with zero attached hydrogens (tertiary/aromatic N) is 1. The van der Waals surface area contributed by atoms with Gasteiger partial charge in [-0.2, -0.15) is 0 Å². The van der Waals surface area contributed by atoms with Gasteiger partial charge in [-0.05, 0) is 42.3 Å². The molecule has 0 fully saturated rings. The van der Waals surface area contributed by atoms with Crippen molar-refractivity contribution in [2.75, 3.05) is 21.3 Å². The Morgan fingerprint density at radius 1 is 1.00 bits per heavy atom. The van der Waals surface area contributed by atoms with Gasteiger partial charge in [0.2, 0.25) is 5.75 Å². The third-order valence-corrected chi connectivity index (χ3v) is 3.55. The molecule has 1 unspecified atom stereocenters. The predicted octanol–water partition coefficient (Wildman–Crippen LogP) is 2.96. The quantitative estimate of drug-likeness (QED) is 0.852. The lowest BCUT2D eigenvalue weighted by Gasteiger charge is -2.18. The first-order valence-corrected chi connectivity index (χ1v) is 7.11. The number of benzene rings is 1. The number of hydrogen-bond donors (Lipinski definition) is 1. The van der Waals surface area contributed by atoms with Crippen LogP contribution in [-0.4, -0.2) is 26.3 Å². The van der Waals surface area contributed by atoms with Crippen molar-refractivity contribution in [2.24, 2.45) is 0 Å². The Bertz CT molecular complexity index is 577. The highest BCUT2D eigenvalue weighted by Gasteiger charge is 2.16. The summed E-state index contributed by atoms with van der Waals surface area (Å²) in [5.74, 6) is 1.93. The maximum absolute atomic E-state index is 5.39. The van der Waals surface area contributed by atoms with E-state index < -0.39 is 0 Å². The maximum Gasteiger partial charge on any atom is 0.203 e. The minimum absolute atomic E-state index is 0.141. The van der Waals surface area contributed by atoms with E-state index in [1.165, 1.54) is 5.56 Å². The summed E-state index contributed by atoms with van der Waals surface area (Å²) in [4.78, 5) is 4.02. The van der Waals surface area contributed by atoms with Gasteiger partial charge in [0.05, 0.1) is 21.3 Å². The largest absolute Gasteiger partial charge is 0.493 e. The van der Waals surface area contributed by atoms with Crippen LogP contribution in [0.3, 0.4) is 0 Å². The second-order valence-electron chi connectivity index (χ2n) is 4.92. The Kier molecular flexibility index (Phi) is 5.61. The molecule has 0 saturated heterocycles. The first kappa shape index (κ1) is 16.1. The van der Waals surface area contributed by atoms with Crippen LogP contribution in [0.1, 0.15) is 24.1 Å². The summed E-state index contributed by atoms with van der Waals surface area (Å²) in [7, 11) is 4.84. The molecule has 22 heavy (non-hydrogen) atoms. The molecule has 1 atom stereocenters. The molecular formula is C17H22N2O3. The van der Waals surface area contributed by atoms with Crippen LogP contribution in [0.15, 0.2) is 36.7 Å². The third-order valence-electron chi connectivity index (χ3n) is 3.55. The van der Waals surface area contributed by atoms with Gasteiger partial charge in [0.1, 0.15) is 0 Å². The lowest BCUT2D eigenvalue weighted by molar-refractivity contribution is 0.323. The van der Waals surface area contributed by atoms with Crippen LogP contribution < -0.4 is 19.5 Å². The monoisotopic (exact) mass is 302 g/mol. The smallest absolute Gasteiger partial charge is 0.203 e. The minimum atomic E-state index is 0.141. The van der Waals surface area contributed by atoms with Gasteiger partial charge < -0.3 is 19.5 Å². The summed E-state index contributed by atoms with van der Waals surface area (Å²) >= 11 is 0. The topological polar surface area (TPSA) is 52.6 Å². The molecule has 1 N–H and O–H groups in total. The highest BCUT2D eigenvalue weighted by atomic mass is 16.5. The first-order valence-electron chi connectivity index (χ1n) is 7.11. The zero-order valence-corrected chi connectivity index (χ0v) is 13.4. The van der Waals surface area contributed by atoms with Crippen LogP contribution >= 0.6 is 0 Å². The van der Waals surface area contributed by atoms with Crippen molar-refractivity contribution in [2.45, 2.75) is 19.5 Å². The Labute approximate surface area is 131 Å². The lowest BCUT2D eigenvalue weighted by Crippen LogP contribution is -2.18. The van der Waals surface area contributed by atoms with Crippen LogP contribution in [0.5, 0.6) is 17.2 Å². The van der Waals surface area contributed by atoms with Crippen LogP contribution in [0.4, 0.5) is 0 Å². The molecule has 118 valence electrons. The average Bonchev–Trinajstić information content (AvgIpc) is 2.59. The number of pyridine rings is 1. The Morgan fingerprint density at radius 3 is 2.09 bits per heavy atom. The van der Waals surface area contributed by atoms with E-state index in [4.69, 9.17) is 14.2 Å². The fourth-order valence-electron chi connectivity index (χ4n) is 2.24. The van der Waals surface area contributed by atoms with Crippen molar-refractivity contribution in [1.29, 1.82) is 0 Å². The summed E-state index contributed by atoms with van der Waals surface area (Å²) in [6.45, 7) is 2.86. The number of nitrogens with one attached hydrogen (secondary N) is 1. The second kappa shape index (κ2) is 7.66. The SMILES string of the molecule is COc1cc(C(C)NCc2ccncc2)cc(OC)c1OC. The van der Waals surface area contributed by atoms with Crippen molar-refractivity contribution < 1.29 is 14.2 Å². The van der Waals surface area contributed by atoms with E-state index in [0.717, 1.165) is 12.1 Å². The second-order valence-corrected chi connectivity index (χ2v) is 4.92. The molecule has 0 aliphatic carbocycles. The lowest BCUT2D eigenvalue weighted by atomic mass is 10.1. The zero-order valence-electron chi connectivity index (χ0n) is 13.4. The average molecular weight is 302 g/mol. The van der Waals surface area contributed by atoms with E-state index in [0.29, 0.717) is 17.2 Å². The molecule has 0 amide bonds. The van der Waals surface area contributed by atoms with Gasteiger partial charge >= 0.3 is 0 Å².